The molecule has 0 saturated heterocycles. The van der Waals surface area contributed by atoms with Gasteiger partial charge in [0.15, 0.2) is 5.58 Å². The molecule has 0 bridgehead atoms. The minimum absolute atomic E-state index is 0. The van der Waals surface area contributed by atoms with Gasteiger partial charge in [-0.1, -0.05) is 12.1 Å². The number of fused-ring (bicyclic) bond motifs is 2. The Bertz CT molecular complexity index is 1200. The number of benzene rings is 3. The van der Waals surface area contributed by atoms with Gasteiger partial charge in [-0.2, -0.15) is 0 Å². The standard InChI is InChI=1S/C25H25NO5.Na/c1-2-29-21-11-12-22-23(16-21)31-25(26-22)19-8-7-18-15-20(10-9-17(18)14-19)30-13-5-3-4-6-24(27)28;/h7-12,14-16H,2-6,13H2,1H3,(H,27,28);/q;+1/p-1. The number of carbonyl (C=O) groups is 1. The van der Waals surface area contributed by atoms with Crippen LogP contribution in [-0.2, 0) is 4.79 Å². The first-order chi connectivity index (χ1) is 15.1. The fourth-order valence-electron chi connectivity index (χ4n) is 3.47. The van der Waals surface area contributed by atoms with Crippen molar-refractivity contribution in [2.45, 2.75) is 32.6 Å². The van der Waals surface area contributed by atoms with E-state index in [0.29, 0.717) is 31.1 Å². The van der Waals surface area contributed by atoms with Gasteiger partial charge in [0.2, 0.25) is 5.89 Å². The number of nitrogens with zero attached hydrogens (tertiary/aromatic N) is 1. The van der Waals surface area contributed by atoms with Gasteiger partial charge in [0.25, 0.3) is 0 Å². The van der Waals surface area contributed by atoms with E-state index in [9.17, 15) is 9.90 Å². The Morgan fingerprint density at radius 1 is 0.938 bits per heavy atom. The first kappa shape index (κ1) is 24.1. The van der Waals surface area contributed by atoms with Crippen LogP contribution in [0.1, 0.15) is 32.6 Å². The molecule has 4 aromatic rings. The van der Waals surface area contributed by atoms with Crippen LogP contribution in [0.4, 0.5) is 0 Å². The Morgan fingerprint density at radius 2 is 1.69 bits per heavy atom. The third kappa shape index (κ3) is 6.03. The average Bonchev–Trinajstić information content (AvgIpc) is 3.19. The van der Waals surface area contributed by atoms with E-state index in [-0.39, 0.29) is 36.0 Å². The van der Waals surface area contributed by atoms with Crippen molar-refractivity contribution in [3.05, 3.63) is 54.6 Å². The monoisotopic (exact) mass is 441 g/mol. The van der Waals surface area contributed by atoms with Gasteiger partial charge in [0.05, 0.1) is 13.2 Å². The van der Waals surface area contributed by atoms with Crippen LogP contribution >= 0.6 is 0 Å². The second kappa shape index (κ2) is 11.4. The molecular weight excluding hydrogens is 417 g/mol. The maximum absolute atomic E-state index is 10.4. The number of ether oxygens (including phenoxy) is 2. The second-order valence-corrected chi connectivity index (χ2v) is 7.34. The smallest absolute Gasteiger partial charge is 0.550 e. The summed E-state index contributed by atoms with van der Waals surface area (Å²) >= 11 is 0. The van der Waals surface area contributed by atoms with Gasteiger partial charge in [-0.15, -0.1) is 0 Å². The molecule has 0 N–H and O–H groups in total. The minimum atomic E-state index is -0.997. The first-order valence-electron chi connectivity index (χ1n) is 10.5. The van der Waals surface area contributed by atoms with E-state index < -0.39 is 5.97 Å². The summed E-state index contributed by atoms with van der Waals surface area (Å²) in [6, 6.07) is 17.7. The summed E-state index contributed by atoms with van der Waals surface area (Å²) in [5.74, 6) is 1.14. The molecule has 1 aromatic heterocycles. The predicted octanol–water partition coefficient (Wildman–Crippen LogP) is 1.74. The van der Waals surface area contributed by atoms with E-state index >= 15 is 0 Å². The van der Waals surface area contributed by atoms with Crippen LogP contribution in [0, 0.1) is 0 Å². The van der Waals surface area contributed by atoms with Crippen molar-refractivity contribution in [2.24, 2.45) is 0 Å². The van der Waals surface area contributed by atoms with E-state index in [1.165, 1.54) is 0 Å². The van der Waals surface area contributed by atoms with E-state index in [2.05, 4.69) is 4.98 Å². The number of hydrogen-bond acceptors (Lipinski definition) is 6. The minimum Gasteiger partial charge on any atom is -0.550 e. The molecule has 0 atom stereocenters. The molecule has 0 amide bonds. The van der Waals surface area contributed by atoms with Crippen molar-refractivity contribution in [3.8, 4) is 23.0 Å². The summed E-state index contributed by atoms with van der Waals surface area (Å²) in [6.45, 7) is 3.11. The van der Waals surface area contributed by atoms with Gasteiger partial charge >= 0.3 is 29.6 Å². The van der Waals surface area contributed by atoms with Crippen LogP contribution in [0.5, 0.6) is 11.5 Å². The molecule has 0 saturated carbocycles. The number of rotatable bonds is 10. The van der Waals surface area contributed by atoms with Crippen molar-refractivity contribution in [3.63, 3.8) is 0 Å². The first-order valence-corrected chi connectivity index (χ1v) is 10.5. The fraction of sp³-hybridized carbons (Fsp3) is 0.280. The van der Waals surface area contributed by atoms with Crippen LogP contribution < -0.4 is 44.1 Å². The molecule has 1 heterocycles. The number of hydrogen-bond donors (Lipinski definition) is 0. The molecule has 160 valence electrons. The van der Waals surface area contributed by atoms with E-state index in [0.717, 1.165) is 46.2 Å². The van der Waals surface area contributed by atoms with Crippen LogP contribution in [0.2, 0.25) is 0 Å². The van der Waals surface area contributed by atoms with Crippen LogP contribution in [0.3, 0.4) is 0 Å². The Labute approximate surface area is 208 Å². The Morgan fingerprint density at radius 3 is 2.50 bits per heavy atom. The summed E-state index contributed by atoms with van der Waals surface area (Å²) in [5.41, 5.74) is 2.40. The van der Waals surface area contributed by atoms with Gasteiger partial charge in [-0.25, -0.2) is 4.98 Å². The zero-order valence-corrected chi connectivity index (χ0v) is 20.4. The molecule has 32 heavy (non-hydrogen) atoms. The average molecular weight is 441 g/mol. The fourth-order valence-corrected chi connectivity index (χ4v) is 3.47. The number of carboxylic acids is 1. The topological polar surface area (TPSA) is 84.6 Å². The molecule has 6 nitrogen and oxygen atoms in total. The summed E-state index contributed by atoms with van der Waals surface area (Å²) in [5, 5.41) is 12.5. The molecule has 7 heteroatoms. The number of carbonyl (C=O) groups excluding carboxylic acids is 1. The second-order valence-electron chi connectivity index (χ2n) is 7.34. The molecule has 0 aliphatic rings. The van der Waals surface area contributed by atoms with Gasteiger partial charge in [0.1, 0.15) is 17.0 Å². The van der Waals surface area contributed by atoms with Crippen LogP contribution in [0.25, 0.3) is 33.3 Å². The third-order valence-electron chi connectivity index (χ3n) is 5.02. The Balaban J connectivity index is 0.00000289. The van der Waals surface area contributed by atoms with Crippen molar-refractivity contribution < 1.29 is 53.3 Å². The molecule has 3 aromatic carbocycles. The number of carboxylic acid groups (broad SMARTS) is 1. The molecule has 0 radical (unpaired) electrons. The summed E-state index contributed by atoms with van der Waals surface area (Å²) < 4.78 is 17.3. The summed E-state index contributed by atoms with van der Waals surface area (Å²) in [4.78, 5) is 15.0. The van der Waals surface area contributed by atoms with Crippen molar-refractivity contribution in [1.82, 2.24) is 4.98 Å². The molecule has 4 rings (SSSR count). The van der Waals surface area contributed by atoms with Crippen molar-refractivity contribution in [2.75, 3.05) is 13.2 Å². The molecule has 0 unspecified atom stereocenters. The van der Waals surface area contributed by atoms with Gasteiger partial charge in [0, 0.05) is 17.6 Å². The third-order valence-corrected chi connectivity index (χ3v) is 5.02. The molecule has 0 aliphatic heterocycles. The van der Waals surface area contributed by atoms with Crippen LogP contribution in [-0.4, -0.2) is 24.2 Å². The van der Waals surface area contributed by atoms with E-state index in [1.54, 1.807) is 0 Å². The van der Waals surface area contributed by atoms with Gasteiger partial charge in [-0.05, 0) is 79.8 Å². The van der Waals surface area contributed by atoms with Gasteiger partial charge < -0.3 is 23.8 Å². The summed E-state index contributed by atoms with van der Waals surface area (Å²) in [7, 11) is 0. The number of unbranched alkanes of at least 4 members (excludes halogenated alkanes) is 2. The van der Waals surface area contributed by atoms with Crippen LogP contribution in [0.15, 0.2) is 59.0 Å². The molecule has 0 fully saturated rings. The van der Waals surface area contributed by atoms with Crippen molar-refractivity contribution >= 4 is 27.8 Å². The maximum Gasteiger partial charge on any atom is 1.00 e. The number of aromatic nitrogens is 1. The molecule has 0 aliphatic carbocycles. The molecular formula is C25H24NNaO5. The Hall–Kier alpha value is -2.54. The maximum atomic E-state index is 10.4. The largest absolute Gasteiger partial charge is 1.00 e. The zero-order valence-electron chi connectivity index (χ0n) is 18.4. The Kier molecular flexibility index (Phi) is 8.56. The van der Waals surface area contributed by atoms with Gasteiger partial charge in [-0.3, -0.25) is 0 Å². The molecule has 0 spiro atoms. The quantitative estimate of drug-likeness (QED) is 0.275. The SMILES string of the molecule is CCOc1ccc2nc(-c3ccc4cc(OCCCCCC(=O)[O-])ccc4c3)oc2c1.[Na+]. The normalized spacial score (nSPS) is 10.8. The van der Waals surface area contributed by atoms with E-state index in [4.69, 9.17) is 13.9 Å². The van der Waals surface area contributed by atoms with E-state index in [1.807, 2.05) is 61.5 Å². The predicted molar refractivity (Wildman–Crippen MR) is 117 cm³/mol. The number of aliphatic carboxylic acids is 1. The summed E-state index contributed by atoms with van der Waals surface area (Å²) in [6.07, 6.45) is 2.34. The number of oxazole rings is 1. The zero-order chi connectivity index (χ0) is 21.6. The van der Waals surface area contributed by atoms with Crippen molar-refractivity contribution in [1.29, 1.82) is 0 Å².